The fourth-order valence-electron chi connectivity index (χ4n) is 4.17. The van der Waals surface area contributed by atoms with E-state index < -0.39 is 0 Å². The maximum absolute atomic E-state index is 12.4. The summed E-state index contributed by atoms with van der Waals surface area (Å²) in [6, 6.07) is 6.23. The molecule has 1 saturated carbocycles. The van der Waals surface area contributed by atoms with E-state index in [-0.39, 0.29) is 17.5 Å². The molecule has 0 radical (unpaired) electrons. The highest BCUT2D eigenvalue weighted by atomic mass is 16.2. The zero-order valence-electron chi connectivity index (χ0n) is 18.4. The third-order valence-corrected chi connectivity index (χ3v) is 5.67. The molecule has 3 rings (SSSR count). The minimum Gasteiger partial charge on any atom is -0.336 e. The van der Waals surface area contributed by atoms with E-state index in [4.69, 9.17) is 4.98 Å². The second-order valence-corrected chi connectivity index (χ2v) is 9.64. The Kier molecular flexibility index (Phi) is 6.01. The van der Waals surface area contributed by atoms with Crippen molar-refractivity contribution < 1.29 is 4.79 Å². The monoisotopic (exact) mass is 384 g/mol. The van der Waals surface area contributed by atoms with Gasteiger partial charge in [-0.1, -0.05) is 40.0 Å². The highest BCUT2D eigenvalue weighted by Crippen LogP contribution is 2.32. The molecule has 1 aliphatic rings. The number of hydrogen-bond donors (Lipinski definition) is 1. The minimum atomic E-state index is -0.0907. The number of anilines is 1. The lowest BCUT2D eigenvalue weighted by atomic mass is 9.88. The van der Waals surface area contributed by atoms with Gasteiger partial charge in [-0.05, 0) is 50.8 Å². The number of fused-ring (bicyclic) bond motifs is 1. The first-order valence-electron chi connectivity index (χ1n) is 10.7. The molecule has 0 bridgehead atoms. The van der Waals surface area contributed by atoms with E-state index in [9.17, 15) is 4.79 Å². The van der Waals surface area contributed by atoms with Crippen LogP contribution >= 0.6 is 0 Å². The van der Waals surface area contributed by atoms with Gasteiger partial charge in [0.1, 0.15) is 5.82 Å². The zero-order chi connectivity index (χ0) is 20.5. The van der Waals surface area contributed by atoms with Crippen LogP contribution in [0.1, 0.15) is 72.5 Å². The first-order chi connectivity index (χ1) is 13.2. The lowest BCUT2D eigenvalue weighted by Crippen LogP contribution is -2.40. The summed E-state index contributed by atoms with van der Waals surface area (Å²) in [6.45, 7) is 11.7. The van der Waals surface area contributed by atoms with Crippen LogP contribution in [0.25, 0.3) is 11.0 Å². The minimum absolute atomic E-state index is 0.0191. The molecule has 1 aliphatic carbocycles. The highest BCUT2D eigenvalue weighted by Gasteiger charge is 2.25. The Balaban J connectivity index is 1.96. The summed E-state index contributed by atoms with van der Waals surface area (Å²) in [4.78, 5) is 19.1. The van der Waals surface area contributed by atoms with Crippen LogP contribution in [0.3, 0.4) is 0 Å². The van der Waals surface area contributed by atoms with Gasteiger partial charge in [-0.2, -0.15) is 0 Å². The lowest BCUT2D eigenvalue weighted by molar-refractivity contribution is 0.245. The smallest absolute Gasteiger partial charge is 0.321 e. The largest absolute Gasteiger partial charge is 0.336 e. The van der Waals surface area contributed by atoms with Gasteiger partial charge in [0, 0.05) is 30.7 Å². The van der Waals surface area contributed by atoms with E-state index in [1.165, 1.54) is 37.6 Å². The van der Waals surface area contributed by atoms with Crippen LogP contribution in [0.15, 0.2) is 18.2 Å². The number of hydrogen-bond acceptors (Lipinski definition) is 2. The molecular formula is C23H36N4O. The number of aromatic nitrogens is 2. The number of nitrogens with one attached hydrogen (secondary N) is 1. The Labute approximate surface area is 169 Å². The number of urea groups is 1. The van der Waals surface area contributed by atoms with Gasteiger partial charge < -0.3 is 9.88 Å². The third-order valence-electron chi connectivity index (χ3n) is 5.67. The van der Waals surface area contributed by atoms with Gasteiger partial charge in [0.25, 0.3) is 0 Å². The Morgan fingerprint density at radius 3 is 2.54 bits per heavy atom. The summed E-state index contributed by atoms with van der Waals surface area (Å²) in [5.41, 5.74) is 3.00. The normalized spacial score (nSPS) is 16.0. The summed E-state index contributed by atoms with van der Waals surface area (Å²) < 4.78 is 2.43. The van der Waals surface area contributed by atoms with E-state index in [2.05, 4.69) is 36.7 Å². The molecule has 1 N–H and O–H groups in total. The van der Waals surface area contributed by atoms with E-state index in [0.717, 1.165) is 29.5 Å². The van der Waals surface area contributed by atoms with Crippen LogP contribution < -0.4 is 10.2 Å². The summed E-state index contributed by atoms with van der Waals surface area (Å²) >= 11 is 0. The number of carbonyl (C=O) groups is 1. The molecule has 0 saturated heterocycles. The van der Waals surface area contributed by atoms with Gasteiger partial charge in [-0.3, -0.25) is 4.90 Å². The first kappa shape index (κ1) is 20.7. The van der Waals surface area contributed by atoms with Gasteiger partial charge in [0.05, 0.1) is 11.0 Å². The van der Waals surface area contributed by atoms with E-state index in [1.807, 2.05) is 33.0 Å². The Hall–Kier alpha value is -2.04. The highest BCUT2D eigenvalue weighted by molar-refractivity contribution is 5.94. The van der Waals surface area contributed by atoms with Crippen molar-refractivity contribution in [2.24, 2.45) is 5.92 Å². The fraction of sp³-hybridized carbons (Fsp3) is 0.652. The molecule has 1 fully saturated rings. The van der Waals surface area contributed by atoms with Gasteiger partial charge in [-0.15, -0.1) is 0 Å². The van der Waals surface area contributed by atoms with Gasteiger partial charge in [0.15, 0.2) is 0 Å². The third kappa shape index (κ3) is 4.50. The summed E-state index contributed by atoms with van der Waals surface area (Å²) in [6.07, 6.45) is 6.71. The van der Waals surface area contributed by atoms with Crippen LogP contribution in [0.5, 0.6) is 0 Å². The predicted octanol–water partition coefficient (Wildman–Crippen LogP) is 5.47. The van der Waals surface area contributed by atoms with Crippen LogP contribution in [-0.4, -0.2) is 28.7 Å². The molecule has 5 heteroatoms. The summed E-state index contributed by atoms with van der Waals surface area (Å²) in [5, 5.41) is 2.95. The van der Waals surface area contributed by atoms with Crippen LogP contribution in [-0.2, 0) is 12.0 Å². The number of imidazole rings is 1. The van der Waals surface area contributed by atoms with E-state index >= 15 is 0 Å². The maximum atomic E-state index is 12.4. The van der Waals surface area contributed by atoms with Crippen LogP contribution in [0, 0.1) is 5.92 Å². The molecule has 0 aliphatic heterocycles. The maximum Gasteiger partial charge on any atom is 0.321 e. The molecule has 1 heterocycles. The molecule has 2 aromatic rings. The molecular weight excluding hydrogens is 348 g/mol. The van der Waals surface area contributed by atoms with Crippen molar-refractivity contribution in [1.82, 2.24) is 14.9 Å². The lowest BCUT2D eigenvalue weighted by Gasteiger charge is -2.26. The predicted molar refractivity (Wildman–Crippen MR) is 117 cm³/mol. The number of benzene rings is 1. The number of carbonyl (C=O) groups excluding carboxylic acids is 1. The van der Waals surface area contributed by atoms with E-state index in [1.54, 1.807) is 4.90 Å². The van der Waals surface area contributed by atoms with E-state index in [0.29, 0.717) is 0 Å². The summed E-state index contributed by atoms with van der Waals surface area (Å²) in [5.74, 6) is 1.88. The summed E-state index contributed by atoms with van der Waals surface area (Å²) in [7, 11) is 1.81. The zero-order valence-corrected chi connectivity index (χ0v) is 18.4. The van der Waals surface area contributed by atoms with Crippen LogP contribution in [0.2, 0.25) is 0 Å². The van der Waals surface area contributed by atoms with Crippen molar-refractivity contribution in [2.45, 2.75) is 84.7 Å². The van der Waals surface area contributed by atoms with Crippen molar-refractivity contribution in [3.8, 4) is 0 Å². The van der Waals surface area contributed by atoms with Gasteiger partial charge >= 0.3 is 6.03 Å². The number of nitrogens with zero attached hydrogens (tertiary/aromatic N) is 3. The second-order valence-electron chi connectivity index (χ2n) is 9.64. The number of amides is 2. The molecule has 1 aromatic carbocycles. The van der Waals surface area contributed by atoms with Gasteiger partial charge in [0.2, 0.25) is 0 Å². The molecule has 28 heavy (non-hydrogen) atoms. The average molecular weight is 385 g/mol. The SMILES string of the molecule is CC(C)NC(=O)N(C)c1ccc2c(c1)nc(C(C)(C)C)n2CC1CCCCC1. The first-order valence-corrected chi connectivity index (χ1v) is 10.7. The Bertz CT molecular complexity index is 825. The Morgan fingerprint density at radius 2 is 1.93 bits per heavy atom. The average Bonchev–Trinajstić information content (AvgIpc) is 2.99. The quantitative estimate of drug-likeness (QED) is 0.760. The molecule has 5 nitrogen and oxygen atoms in total. The van der Waals surface area contributed by atoms with Crippen molar-refractivity contribution in [2.75, 3.05) is 11.9 Å². The second kappa shape index (κ2) is 8.14. The molecule has 1 aromatic heterocycles. The molecule has 0 atom stereocenters. The molecule has 0 unspecified atom stereocenters. The molecule has 2 amide bonds. The van der Waals surface area contributed by atoms with Crippen molar-refractivity contribution >= 4 is 22.8 Å². The van der Waals surface area contributed by atoms with Crippen molar-refractivity contribution in [1.29, 1.82) is 0 Å². The molecule has 0 spiro atoms. The number of rotatable bonds is 4. The fourth-order valence-corrected chi connectivity index (χ4v) is 4.17. The van der Waals surface area contributed by atoms with Crippen molar-refractivity contribution in [3.63, 3.8) is 0 Å². The van der Waals surface area contributed by atoms with Crippen LogP contribution in [0.4, 0.5) is 10.5 Å². The Morgan fingerprint density at radius 1 is 1.25 bits per heavy atom. The van der Waals surface area contributed by atoms with Crippen molar-refractivity contribution in [3.05, 3.63) is 24.0 Å². The standard InChI is InChI=1S/C23H36N4O/c1-16(2)24-22(28)26(6)18-12-13-20-19(14-18)25-21(23(3,4)5)27(20)15-17-10-8-7-9-11-17/h12-14,16-17H,7-11,15H2,1-6H3,(H,24,28). The topological polar surface area (TPSA) is 50.2 Å². The molecule has 154 valence electrons. The van der Waals surface area contributed by atoms with Gasteiger partial charge in [-0.25, -0.2) is 9.78 Å².